The quantitative estimate of drug-likeness (QED) is 0.896. The van der Waals surface area contributed by atoms with Crippen molar-refractivity contribution >= 4 is 11.9 Å². The number of carbonyl (C=O) groups is 2. The molecule has 3 rings (SSSR count). The minimum Gasteiger partial charge on any atom is -0.354 e. The zero-order valence-electron chi connectivity index (χ0n) is 13.6. The van der Waals surface area contributed by atoms with E-state index in [0.717, 1.165) is 11.3 Å². The lowest BCUT2D eigenvalue weighted by Gasteiger charge is -2.23. The minimum atomic E-state index is -0.150. The van der Waals surface area contributed by atoms with E-state index in [-0.39, 0.29) is 18.0 Å². The maximum absolute atomic E-state index is 12.4. The molecule has 1 saturated heterocycles. The highest BCUT2D eigenvalue weighted by atomic mass is 16.2. The first kappa shape index (κ1) is 16.0. The molecule has 1 fully saturated rings. The minimum absolute atomic E-state index is 0.00901. The summed E-state index contributed by atoms with van der Waals surface area (Å²) >= 11 is 0. The Balaban J connectivity index is 1.66. The molecule has 3 amide bonds. The molecule has 2 heterocycles. The Morgan fingerprint density at radius 3 is 3.00 bits per heavy atom. The molecule has 2 aromatic rings. The fourth-order valence-electron chi connectivity index (χ4n) is 2.69. The van der Waals surface area contributed by atoms with Gasteiger partial charge in [0.1, 0.15) is 0 Å². The predicted octanol–water partition coefficient (Wildman–Crippen LogP) is 1.46. The van der Waals surface area contributed by atoms with Gasteiger partial charge in [-0.3, -0.25) is 4.79 Å². The number of nitrogens with one attached hydrogen (secondary N) is 2. The predicted molar refractivity (Wildman–Crippen MR) is 89.7 cm³/mol. The van der Waals surface area contributed by atoms with Crippen molar-refractivity contribution in [3.63, 3.8) is 0 Å². The lowest BCUT2D eigenvalue weighted by molar-refractivity contribution is -0.120. The number of aromatic nitrogens is 2. The van der Waals surface area contributed by atoms with Crippen molar-refractivity contribution in [3.8, 4) is 5.69 Å². The highest BCUT2D eigenvalue weighted by Gasteiger charge is 2.20. The standard InChI is InChI=1S/C17H21N5O2/c1-13(20-17(24)21-10-6-16(23)18-8-11-21)14-4-2-5-15(12-14)22-9-3-7-19-22/h2-5,7,9,12-13H,6,8,10-11H2,1H3,(H,18,23)(H,20,24). The molecule has 0 spiro atoms. The molecule has 0 radical (unpaired) electrons. The van der Waals surface area contributed by atoms with Gasteiger partial charge in [-0.25, -0.2) is 9.48 Å². The number of rotatable bonds is 3. The van der Waals surface area contributed by atoms with Gasteiger partial charge in [-0.2, -0.15) is 5.10 Å². The van der Waals surface area contributed by atoms with Crippen molar-refractivity contribution in [3.05, 3.63) is 48.3 Å². The molecule has 1 aromatic carbocycles. The maximum atomic E-state index is 12.4. The van der Waals surface area contributed by atoms with Gasteiger partial charge in [0.05, 0.1) is 11.7 Å². The second-order valence-electron chi connectivity index (χ2n) is 5.80. The molecule has 1 aromatic heterocycles. The molecule has 1 aliphatic heterocycles. The Kier molecular flexibility index (Phi) is 4.79. The maximum Gasteiger partial charge on any atom is 0.317 e. The van der Waals surface area contributed by atoms with E-state index < -0.39 is 0 Å². The molecule has 2 N–H and O–H groups in total. The van der Waals surface area contributed by atoms with Crippen LogP contribution in [0.3, 0.4) is 0 Å². The molecule has 24 heavy (non-hydrogen) atoms. The van der Waals surface area contributed by atoms with E-state index >= 15 is 0 Å². The third kappa shape index (κ3) is 3.73. The number of nitrogens with zero attached hydrogens (tertiary/aromatic N) is 3. The van der Waals surface area contributed by atoms with Crippen LogP contribution in [0.1, 0.15) is 24.9 Å². The van der Waals surface area contributed by atoms with Crippen molar-refractivity contribution in [2.24, 2.45) is 0 Å². The first-order valence-electron chi connectivity index (χ1n) is 8.05. The highest BCUT2D eigenvalue weighted by Crippen LogP contribution is 2.17. The summed E-state index contributed by atoms with van der Waals surface area (Å²) in [5, 5.41) is 9.99. The summed E-state index contributed by atoms with van der Waals surface area (Å²) in [6.45, 7) is 3.41. The van der Waals surface area contributed by atoms with Crippen LogP contribution in [0.5, 0.6) is 0 Å². The fourth-order valence-corrected chi connectivity index (χ4v) is 2.69. The molecule has 0 bridgehead atoms. The van der Waals surface area contributed by atoms with Crippen molar-refractivity contribution in [1.82, 2.24) is 25.3 Å². The van der Waals surface area contributed by atoms with Crippen LogP contribution in [0, 0.1) is 0 Å². The number of urea groups is 1. The Morgan fingerprint density at radius 2 is 2.21 bits per heavy atom. The van der Waals surface area contributed by atoms with Crippen LogP contribution >= 0.6 is 0 Å². The SMILES string of the molecule is CC(NC(=O)N1CCNC(=O)CC1)c1cccc(-n2cccn2)c1. The van der Waals surface area contributed by atoms with Crippen molar-refractivity contribution in [2.75, 3.05) is 19.6 Å². The van der Waals surface area contributed by atoms with Gasteiger partial charge in [0, 0.05) is 38.4 Å². The second kappa shape index (κ2) is 7.16. The summed E-state index contributed by atoms with van der Waals surface area (Å²) < 4.78 is 1.78. The van der Waals surface area contributed by atoms with Gasteiger partial charge in [0.15, 0.2) is 0 Å². The average Bonchev–Trinajstić information content (AvgIpc) is 3.04. The van der Waals surface area contributed by atoms with Crippen LogP contribution in [0.25, 0.3) is 5.69 Å². The van der Waals surface area contributed by atoms with Crippen molar-refractivity contribution < 1.29 is 9.59 Å². The van der Waals surface area contributed by atoms with Gasteiger partial charge < -0.3 is 15.5 Å². The molecule has 0 saturated carbocycles. The Hall–Kier alpha value is -2.83. The molecule has 1 atom stereocenters. The largest absolute Gasteiger partial charge is 0.354 e. The van der Waals surface area contributed by atoms with Crippen molar-refractivity contribution in [2.45, 2.75) is 19.4 Å². The van der Waals surface area contributed by atoms with Crippen LogP contribution in [0.2, 0.25) is 0 Å². The van der Waals surface area contributed by atoms with Gasteiger partial charge >= 0.3 is 6.03 Å². The van der Waals surface area contributed by atoms with E-state index in [1.165, 1.54) is 0 Å². The smallest absolute Gasteiger partial charge is 0.317 e. The van der Waals surface area contributed by atoms with E-state index in [1.807, 2.05) is 43.5 Å². The van der Waals surface area contributed by atoms with E-state index in [1.54, 1.807) is 15.8 Å². The lowest BCUT2D eigenvalue weighted by Crippen LogP contribution is -2.42. The van der Waals surface area contributed by atoms with Gasteiger partial charge in [-0.1, -0.05) is 12.1 Å². The Labute approximate surface area is 140 Å². The summed E-state index contributed by atoms with van der Waals surface area (Å²) in [5.41, 5.74) is 1.95. The Bertz CT molecular complexity index is 714. The number of carbonyl (C=O) groups excluding carboxylic acids is 2. The van der Waals surface area contributed by atoms with Gasteiger partial charge in [-0.05, 0) is 30.7 Å². The number of hydrogen-bond donors (Lipinski definition) is 2. The third-order valence-corrected chi connectivity index (χ3v) is 4.08. The summed E-state index contributed by atoms with van der Waals surface area (Å²) in [6.07, 6.45) is 3.95. The summed E-state index contributed by atoms with van der Waals surface area (Å²) in [4.78, 5) is 25.5. The molecule has 1 unspecified atom stereocenters. The first-order valence-corrected chi connectivity index (χ1v) is 8.05. The normalized spacial score (nSPS) is 16.2. The molecule has 7 nitrogen and oxygen atoms in total. The molecular weight excluding hydrogens is 306 g/mol. The summed E-state index contributed by atoms with van der Waals surface area (Å²) in [5.74, 6) is -0.00901. The molecule has 1 aliphatic rings. The lowest BCUT2D eigenvalue weighted by atomic mass is 10.1. The first-order chi connectivity index (χ1) is 11.6. The number of benzene rings is 1. The van der Waals surface area contributed by atoms with Gasteiger partial charge in [-0.15, -0.1) is 0 Å². The van der Waals surface area contributed by atoms with Crippen molar-refractivity contribution in [1.29, 1.82) is 0 Å². The molecule has 7 heteroatoms. The summed E-state index contributed by atoms with van der Waals surface area (Å²) in [7, 11) is 0. The topological polar surface area (TPSA) is 79.3 Å². The van der Waals surface area contributed by atoms with Crippen LogP contribution in [0.4, 0.5) is 4.79 Å². The Morgan fingerprint density at radius 1 is 1.33 bits per heavy atom. The molecule has 126 valence electrons. The zero-order valence-corrected chi connectivity index (χ0v) is 13.6. The van der Waals surface area contributed by atoms with E-state index in [0.29, 0.717) is 26.1 Å². The number of amides is 3. The monoisotopic (exact) mass is 327 g/mol. The highest BCUT2D eigenvalue weighted by molar-refractivity contribution is 5.79. The van der Waals surface area contributed by atoms with E-state index in [2.05, 4.69) is 15.7 Å². The fraction of sp³-hybridized carbons (Fsp3) is 0.353. The van der Waals surface area contributed by atoms with E-state index in [4.69, 9.17) is 0 Å². The average molecular weight is 327 g/mol. The zero-order chi connectivity index (χ0) is 16.9. The molecule has 0 aliphatic carbocycles. The second-order valence-corrected chi connectivity index (χ2v) is 5.80. The van der Waals surface area contributed by atoms with E-state index in [9.17, 15) is 9.59 Å². The van der Waals surface area contributed by atoms with Gasteiger partial charge in [0.25, 0.3) is 0 Å². The molecular formula is C17H21N5O2. The van der Waals surface area contributed by atoms with Gasteiger partial charge in [0.2, 0.25) is 5.91 Å². The van der Waals surface area contributed by atoms with Crippen LogP contribution < -0.4 is 10.6 Å². The third-order valence-electron chi connectivity index (χ3n) is 4.08. The van der Waals surface area contributed by atoms with Crippen LogP contribution in [-0.2, 0) is 4.79 Å². The number of hydrogen-bond acceptors (Lipinski definition) is 3. The summed E-state index contributed by atoms with van der Waals surface area (Å²) in [6, 6.07) is 9.48. The van der Waals surface area contributed by atoms with Crippen LogP contribution in [0.15, 0.2) is 42.7 Å². The van der Waals surface area contributed by atoms with Crippen LogP contribution in [-0.4, -0.2) is 46.3 Å².